The van der Waals surface area contributed by atoms with Gasteiger partial charge in [-0.3, -0.25) is 0 Å². The van der Waals surface area contributed by atoms with E-state index < -0.39 is 0 Å². The number of H-pyrrole nitrogens is 1. The average molecular weight is 264 g/mol. The molecule has 0 saturated carbocycles. The normalized spacial score (nSPS) is 11.8. The zero-order valence-corrected chi connectivity index (χ0v) is 12.1. The molecule has 0 fully saturated rings. The summed E-state index contributed by atoms with van der Waals surface area (Å²) >= 11 is 6.98. The largest absolute Gasteiger partial charge is 0.343 e. The number of nitrogens with zero attached hydrogens (tertiary/aromatic N) is 1. The molecule has 0 aromatic carbocycles. The van der Waals surface area contributed by atoms with Crippen LogP contribution in [0.1, 0.15) is 31.5 Å². The molecule has 1 N–H and O–H groups in total. The Labute approximate surface area is 111 Å². The third kappa shape index (κ3) is 2.82. The van der Waals surface area contributed by atoms with Gasteiger partial charge in [-0.25, -0.2) is 4.98 Å². The molecule has 4 heteroatoms. The first-order chi connectivity index (χ1) is 7.86. The second-order valence-electron chi connectivity index (χ2n) is 5.18. The third-order valence-corrected chi connectivity index (χ3v) is 3.57. The first-order valence-corrected chi connectivity index (χ1v) is 6.82. The lowest BCUT2D eigenvalue weighted by atomic mass is 9.95. The summed E-state index contributed by atoms with van der Waals surface area (Å²) in [5.41, 5.74) is 2.22. The summed E-state index contributed by atoms with van der Waals surface area (Å²) in [5.74, 6) is 0.934. The van der Waals surface area contributed by atoms with Crippen molar-refractivity contribution in [2.45, 2.75) is 33.1 Å². The van der Waals surface area contributed by atoms with Crippen LogP contribution in [0.4, 0.5) is 0 Å². The molecule has 0 spiro atoms. The first kappa shape index (κ1) is 12.5. The highest BCUT2D eigenvalue weighted by atomic mass is 32.1. The van der Waals surface area contributed by atoms with Crippen LogP contribution >= 0.6 is 23.6 Å². The Hall–Kier alpha value is -1.00. The Morgan fingerprint density at radius 2 is 2.00 bits per heavy atom. The van der Waals surface area contributed by atoms with Crippen molar-refractivity contribution in [3.8, 4) is 11.3 Å². The number of nitrogens with one attached hydrogen (secondary N) is 1. The van der Waals surface area contributed by atoms with Crippen molar-refractivity contribution in [1.82, 2.24) is 9.97 Å². The lowest BCUT2D eigenvalue weighted by Gasteiger charge is -2.18. The minimum absolute atomic E-state index is 0.0192. The number of hydrogen-bond donors (Lipinski definition) is 1. The molecule has 2 rings (SSSR count). The van der Waals surface area contributed by atoms with Crippen LogP contribution in [0.25, 0.3) is 11.3 Å². The van der Waals surface area contributed by atoms with Crippen molar-refractivity contribution in [3.63, 3.8) is 0 Å². The number of thiophene rings is 1. The highest BCUT2D eigenvalue weighted by Gasteiger charge is 2.17. The van der Waals surface area contributed by atoms with Crippen LogP contribution in [-0.4, -0.2) is 9.97 Å². The summed E-state index contributed by atoms with van der Waals surface area (Å²) in [5, 5.41) is 2.14. The van der Waals surface area contributed by atoms with Crippen LogP contribution < -0.4 is 0 Å². The molecule has 2 aromatic heterocycles. The summed E-state index contributed by atoms with van der Waals surface area (Å²) in [6, 6.07) is 4.09. The predicted molar refractivity (Wildman–Crippen MR) is 76.2 cm³/mol. The lowest BCUT2D eigenvalue weighted by molar-refractivity contribution is 0.545. The Morgan fingerprint density at radius 1 is 1.29 bits per heavy atom. The molecule has 2 heterocycles. The number of aromatic amines is 1. The van der Waals surface area contributed by atoms with Crippen LogP contribution in [-0.2, 0) is 5.41 Å². The predicted octanol–water partition coefficient (Wildman–Crippen LogP) is 4.47. The second-order valence-corrected chi connectivity index (χ2v) is 6.71. The first-order valence-electron chi connectivity index (χ1n) is 5.53. The molecule has 0 radical (unpaired) electrons. The fourth-order valence-electron chi connectivity index (χ4n) is 1.55. The van der Waals surface area contributed by atoms with E-state index >= 15 is 0 Å². The average Bonchev–Trinajstić information content (AvgIpc) is 2.62. The van der Waals surface area contributed by atoms with Crippen LogP contribution in [0.15, 0.2) is 17.5 Å². The lowest BCUT2D eigenvalue weighted by Crippen LogP contribution is -2.16. The van der Waals surface area contributed by atoms with Crippen molar-refractivity contribution in [2.75, 3.05) is 0 Å². The van der Waals surface area contributed by atoms with Crippen LogP contribution in [0.5, 0.6) is 0 Å². The third-order valence-electron chi connectivity index (χ3n) is 2.49. The Morgan fingerprint density at radius 3 is 2.53 bits per heavy atom. The van der Waals surface area contributed by atoms with Crippen LogP contribution in [0, 0.1) is 11.6 Å². The summed E-state index contributed by atoms with van der Waals surface area (Å²) in [4.78, 5) is 9.08. The second kappa shape index (κ2) is 4.35. The van der Waals surface area contributed by atoms with Crippen LogP contribution in [0.2, 0.25) is 0 Å². The number of aromatic nitrogens is 2. The van der Waals surface area contributed by atoms with E-state index in [1.807, 2.05) is 6.07 Å². The standard InChI is InChI=1S/C13H16N2S2/c1-8-5-9(7-17-8)10-6-11(16)15-12(14-10)13(2,3)4/h5-7H,1-4H3,(H,14,15,16). The van der Waals surface area contributed by atoms with Gasteiger partial charge in [0.1, 0.15) is 10.5 Å². The van der Waals surface area contributed by atoms with Gasteiger partial charge in [0.05, 0.1) is 5.69 Å². The van der Waals surface area contributed by atoms with Crippen molar-refractivity contribution in [3.05, 3.63) is 32.9 Å². The highest BCUT2D eigenvalue weighted by molar-refractivity contribution is 7.71. The monoisotopic (exact) mass is 264 g/mol. The van der Waals surface area contributed by atoms with Gasteiger partial charge in [0.2, 0.25) is 0 Å². The molecule has 17 heavy (non-hydrogen) atoms. The molecule has 0 amide bonds. The van der Waals surface area contributed by atoms with E-state index in [1.165, 1.54) is 10.4 Å². The van der Waals surface area contributed by atoms with Gasteiger partial charge in [0, 0.05) is 21.2 Å². The van der Waals surface area contributed by atoms with Gasteiger partial charge < -0.3 is 4.98 Å². The molecular weight excluding hydrogens is 248 g/mol. The summed E-state index contributed by atoms with van der Waals surface area (Å²) in [6.45, 7) is 8.49. The number of hydrogen-bond acceptors (Lipinski definition) is 3. The van der Waals surface area contributed by atoms with E-state index in [0.717, 1.165) is 11.5 Å². The van der Waals surface area contributed by atoms with Crippen molar-refractivity contribution in [2.24, 2.45) is 0 Å². The maximum absolute atomic E-state index is 5.24. The maximum Gasteiger partial charge on any atom is 0.130 e. The van der Waals surface area contributed by atoms with Crippen LogP contribution in [0.3, 0.4) is 0 Å². The number of rotatable bonds is 1. The van der Waals surface area contributed by atoms with Gasteiger partial charge in [-0.1, -0.05) is 33.0 Å². The summed E-state index contributed by atoms with van der Waals surface area (Å²) < 4.78 is 0.646. The van der Waals surface area contributed by atoms with E-state index in [9.17, 15) is 0 Å². The molecule has 0 saturated heterocycles. The van der Waals surface area contributed by atoms with E-state index in [-0.39, 0.29) is 5.41 Å². The minimum atomic E-state index is -0.0192. The zero-order valence-electron chi connectivity index (χ0n) is 10.5. The molecule has 2 aromatic rings. The van der Waals surface area contributed by atoms with Gasteiger partial charge in [-0.05, 0) is 19.1 Å². The molecule has 0 aliphatic heterocycles. The molecule has 0 unspecified atom stereocenters. The van der Waals surface area contributed by atoms with Gasteiger partial charge in [0.25, 0.3) is 0 Å². The van der Waals surface area contributed by atoms with Crippen molar-refractivity contribution >= 4 is 23.6 Å². The molecule has 0 atom stereocenters. The quantitative estimate of drug-likeness (QED) is 0.770. The Kier molecular flexibility index (Phi) is 3.19. The molecular formula is C13H16N2S2. The number of aryl methyl sites for hydroxylation is 1. The molecule has 90 valence electrons. The maximum atomic E-state index is 5.24. The Balaban J connectivity index is 2.57. The fraction of sp³-hybridized carbons (Fsp3) is 0.385. The molecule has 0 aliphatic rings. The van der Waals surface area contributed by atoms with Crippen molar-refractivity contribution in [1.29, 1.82) is 0 Å². The zero-order chi connectivity index (χ0) is 12.6. The van der Waals surface area contributed by atoms with Gasteiger partial charge >= 0.3 is 0 Å². The van der Waals surface area contributed by atoms with Gasteiger partial charge in [0.15, 0.2) is 0 Å². The van der Waals surface area contributed by atoms with Crippen molar-refractivity contribution < 1.29 is 0 Å². The Bertz CT molecular complexity index is 588. The minimum Gasteiger partial charge on any atom is -0.343 e. The smallest absolute Gasteiger partial charge is 0.130 e. The van der Waals surface area contributed by atoms with E-state index in [4.69, 9.17) is 12.2 Å². The molecule has 0 aliphatic carbocycles. The van der Waals surface area contributed by atoms with Gasteiger partial charge in [-0.15, -0.1) is 11.3 Å². The van der Waals surface area contributed by atoms with E-state index in [1.54, 1.807) is 11.3 Å². The van der Waals surface area contributed by atoms with Gasteiger partial charge in [-0.2, -0.15) is 0 Å². The highest BCUT2D eigenvalue weighted by Crippen LogP contribution is 2.26. The summed E-state index contributed by atoms with van der Waals surface area (Å²) in [6.07, 6.45) is 0. The SMILES string of the molecule is Cc1cc(-c2cc(=S)nc(C(C)(C)C)[nH]2)cs1. The molecule has 0 bridgehead atoms. The molecule has 2 nitrogen and oxygen atoms in total. The van der Waals surface area contributed by atoms with E-state index in [2.05, 4.69) is 49.1 Å². The topological polar surface area (TPSA) is 28.7 Å². The fourth-order valence-corrected chi connectivity index (χ4v) is 2.46. The van der Waals surface area contributed by atoms with E-state index in [0.29, 0.717) is 4.64 Å². The summed E-state index contributed by atoms with van der Waals surface area (Å²) in [7, 11) is 0.